The van der Waals surface area contributed by atoms with E-state index in [-0.39, 0.29) is 12.5 Å². The average Bonchev–Trinajstić information content (AvgIpc) is 3.27. The second-order valence-electron chi connectivity index (χ2n) is 6.96. The van der Waals surface area contributed by atoms with Crippen LogP contribution in [-0.2, 0) is 12.8 Å². The Hall–Kier alpha value is -2.47. The molecule has 0 unspecified atom stereocenters. The minimum absolute atomic E-state index is 0.127. The Morgan fingerprint density at radius 3 is 2.88 bits per heavy atom. The molecular formula is C19H22N4O2. The number of aryl methyl sites for hydroxylation is 2. The van der Waals surface area contributed by atoms with Crippen molar-refractivity contribution in [3.63, 3.8) is 0 Å². The predicted molar refractivity (Wildman–Crippen MR) is 94.6 cm³/mol. The van der Waals surface area contributed by atoms with E-state index in [0.717, 1.165) is 19.3 Å². The van der Waals surface area contributed by atoms with E-state index < -0.39 is 5.60 Å². The maximum absolute atomic E-state index is 12.4. The molecule has 6 heteroatoms. The standard InChI is InChI=1S/C19H22N4O2/c24-17(16-6-5-14-3-1-4-15(14)11-16)22-12-19(25)7-10-23(13-19)18-20-8-2-9-21-18/h2,5-6,8-9,11,25H,1,3-4,7,10,12-13H2,(H,22,24)/t19-/m0/s1. The smallest absolute Gasteiger partial charge is 0.251 e. The molecule has 0 saturated carbocycles. The van der Waals surface area contributed by atoms with Gasteiger partial charge in [0.15, 0.2) is 0 Å². The lowest BCUT2D eigenvalue weighted by Gasteiger charge is -2.23. The van der Waals surface area contributed by atoms with Crippen molar-refractivity contribution in [2.45, 2.75) is 31.3 Å². The van der Waals surface area contributed by atoms with E-state index in [2.05, 4.69) is 21.4 Å². The van der Waals surface area contributed by atoms with Gasteiger partial charge >= 0.3 is 0 Å². The van der Waals surface area contributed by atoms with Crippen LogP contribution < -0.4 is 10.2 Å². The quantitative estimate of drug-likeness (QED) is 0.879. The Morgan fingerprint density at radius 2 is 2.04 bits per heavy atom. The molecule has 6 nitrogen and oxygen atoms in total. The molecule has 1 saturated heterocycles. The maximum atomic E-state index is 12.4. The number of fused-ring (bicyclic) bond motifs is 1. The van der Waals surface area contributed by atoms with Crippen LogP contribution in [0, 0.1) is 0 Å². The van der Waals surface area contributed by atoms with Gasteiger partial charge < -0.3 is 15.3 Å². The van der Waals surface area contributed by atoms with Crippen LogP contribution >= 0.6 is 0 Å². The lowest BCUT2D eigenvalue weighted by atomic mass is 10.0. The second kappa shape index (κ2) is 6.44. The summed E-state index contributed by atoms with van der Waals surface area (Å²) >= 11 is 0. The van der Waals surface area contributed by atoms with E-state index in [1.807, 2.05) is 17.0 Å². The molecule has 130 valence electrons. The molecule has 2 heterocycles. The van der Waals surface area contributed by atoms with Crippen LogP contribution in [0.5, 0.6) is 0 Å². The molecule has 2 aliphatic rings. The highest BCUT2D eigenvalue weighted by Crippen LogP contribution is 2.25. The largest absolute Gasteiger partial charge is 0.386 e. The summed E-state index contributed by atoms with van der Waals surface area (Å²) in [5.41, 5.74) is 2.35. The van der Waals surface area contributed by atoms with Gasteiger partial charge in [0.2, 0.25) is 5.95 Å². The zero-order chi connectivity index (χ0) is 17.3. The minimum atomic E-state index is -0.953. The van der Waals surface area contributed by atoms with Gasteiger partial charge in [0, 0.05) is 31.0 Å². The van der Waals surface area contributed by atoms with E-state index in [4.69, 9.17) is 0 Å². The van der Waals surface area contributed by atoms with Crippen molar-refractivity contribution in [1.29, 1.82) is 0 Å². The van der Waals surface area contributed by atoms with Gasteiger partial charge in [-0.05, 0) is 55.0 Å². The van der Waals surface area contributed by atoms with E-state index in [0.29, 0.717) is 31.0 Å². The molecular weight excluding hydrogens is 316 g/mol. The summed E-state index contributed by atoms with van der Waals surface area (Å²) in [5.74, 6) is 0.487. The van der Waals surface area contributed by atoms with E-state index in [9.17, 15) is 9.90 Å². The first-order valence-electron chi connectivity index (χ1n) is 8.77. The summed E-state index contributed by atoms with van der Waals surface area (Å²) in [6.45, 7) is 1.32. The summed E-state index contributed by atoms with van der Waals surface area (Å²) < 4.78 is 0. The molecule has 2 aromatic rings. The number of aliphatic hydroxyl groups is 1. The number of benzene rings is 1. The third-order valence-corrected chi connectivity index (χ3v) is 5.11. The Bertz CT molecular complexity index is 780. The molecule has 1 aliphatic heterocycles. The average molecular weight is 338 g/mol. The van der Waals surface area contributed by atoms with Crippen LogP contribution in [-0.4, -0.2) is 46.2 Å². The van der Waals surface area contributed by atoms with E-state index >= 15 is 0 Å². The van der Waals surface area contributed by atoms with Crippen LogP contribution in [0.2, 0.25) is 0 Å². The molecule has 1 aromatic heterocycles. The van der Waals surface area contributed by atoms with Crippen molar-refractivity contribution < 1.29 is 9.90 Å². The van der Waals surface area contributed by atoms with Gasteiger partial charge in [0.25, 0.3) is 5.91 Å². The summed E-state index contributed by atoms with van der Waals surface area (Å²) in [6, 6.07) is 7.68. The van der Waals surface area contributed by atoms with Crippen LogP contribution in [0.1, 0.15) is 34.3 Å². The van der Waals surface area contributed by atoms with Crippen molar-refractivity contribution in [3.8, 4) is 0 Å². The van der Waals surface area contributed by atoms with Crippen LogP contribution in [0.25, 0.3) is 0 Å². The highest BCUT2D eigenvalue weighted by Gasteiger charge is 2.37. The van der Waals surface area contributed by atoms with Crippen LogP contribution in [0.3, 0.4) is 0 Å². The van der Waals surface area contributed by atoms with Gasteiger partial charge in [-0.1, -0.05) is 6.07 Å². The molecule has 1 amide bonds. The van der Waals surface area contributed by atoms with Gasteiger partial charge in [0.05, 0.1) is 6.54 Å². The van der Waals surface area contributed by atoms with E-state index in [1.54, 1.807) is 18.5 Å². The zero-order valence-electron chi connectivity index (χ0n) is 14.1. The SMILES string of the molecule is O=C(NC[C@@]1(O)CCN(c2ncccn2)C1)c1ccc2c(c1)CCC2. The van der Waals surface area contributed by atoms with Crippen molar-refractivity contribution in [2.75, 3.05) is 24.5 Å². The first-order chi connectivity index (χ1) is 12.1. The number of β-amino-alcohol motifs (C(OH)–C–C–N with tert-alkyl or cyclic N) is 1. The lowest BCUT2D eigenvalue weighted by Crippen LogP contribution is -2.45. The number of aromatic nitrogens is 2. The summed E-state index contributed by atoms with van der Waals surface area (Å²) in [7, 11) is 0. The molecule has 1 aromatic carbocycles. The fraction of sp³-hybridized carbons (Fsp3) is 0.421. The van der Waals surface area contributed by atoms with Crippen molar-refractivity contribution in [2.24, 2.45) is 0 Å². The third kappa shape index (κ3) is 3.35. The number of hydrogen-bond donors (Lipinski definition) is 2. The van der Waals surface area contributed by atoms with Crippen molar-refractivity contribution in [1.82, 2.24) is 15.3 Å². The third-order valence-electron chi connectivity index (χ3n) is 5.11. The number of anilines is 1. The molecule has 0 spiro atoms. The fourth-order valence-corrected chi connectivity index (χ4v) is 3.69. The number of nitrogens with zero attached hydrogens (tertiary/aromatic N) is 3. The van der Waals surface area contributed by atoms with Gasteiger partial charge in [-0.25, -0.2) is 9.97 Å². The van der Waals surface area contributed by atoms with Gasteiger partial charge in [0.1, 0.15) is 5.60 Å². The fourth-order valence-electron chi connectivity index (χ4n) is 3.69. The summed E-state index contributed by atoms with van der Waals surface area (Å²) in [4.78, 5) is 22.8. The molecule has 1 aliphatic carbocycles. The van der Waals surface area contributed by atoms with Crippen molar-refractivity contribution >= 4 is 11.9 Å². The second-order valence-corrected chi connectivity index (χ2v) is 6.96. The number of rotatable bonds is 4. The topological polar surface area (TPSA) is 78.4 Å². The Balaban J connectivity index is 1.37. The lowest BCUT2D eigenvalue weighted by molar-refractivity contribution is 0.0575. The number of hydrogen-bond acceptors (Lipinski definition) is 5. The molecule has 0 radical (unpaired) electrons. The molecule has 1 atom stereocenters. The summed E-state index contributed by atoms with van der Waals surface area (Å²) in [5, 5.41) is 13.6. The van der Waals surface area contributed by atoms with Crippen molar-refractivity contribution in [3.05, 3.63) is 53.3 Å². The summed E-state index contributed by atoms with van der Waals surface area (Å²) in [6.07, 6.45) is 7.28. The molecule has 25 heavy (non-hydrogen) atoms. The zero-order valence-corrected chi connectivity index (χ0v) is 14.1. The highest BCUT2D eigenvalue weighted by molar-refractivity contribution is 5.94. The number of carbonyl (C=O) groups is 1. The minimum Gasteiger partial charge on any atom is -0.386 e. The van der Waals surface area contributed by atoms with Gasteiger partial charge in [-0.2, -0.15) is 0 Å². The highest BCUT2D eigenvalue weighted by atomic mass is 16.3. The van der Waals surface area contributed by atoms with E-state index in [1.165, 1.54) is 11.1 Å². The van der Waals surface area contributed by atoms with Gasteiger partial charge in [-0.15, -0.1) is 0 Å². The molecule has 4 rings (SSSR count). The number of amides is 1. The monoisotopic (exact) mass is 338 g/mol. The Morgan fingerprint density at radius 1 is 1.24 bits per heavy atom. The predicted octanol–water partition coefficient (Wildman–Crippen LogP) is 1.34. The van der Waals surface area contributed by atoms with Gasteiger partial charge in [-0.3, -0.25) is 4.79 Å². The van der Waals surface area contributed by atoms with Crippen LogP contribution in [0.4, 0.5) is 5.95 Å². The maximum Gasteiger partial charge on any atom is 0.251 e. The Labute approximate surface area is 146 Å². The molecule has 1 fully saturated rings. The Kier molecular flexibility index (Phi) is 4.13. The number of nitrogens with one attached hydrogen (secondary N) is 1. The normalized spacial score (nSPS) is 22.0. The number of carbonyl (C=O) groups excluding carboxylic acids is 1. The molecule has 2 N–H and O–H groups in total. The van der Waals surface area contributed by atoms with Crippen LogP contribution in [0.15, 0.2) is 36.7 Å². The molecule has 0 bridgehead atoms. The first kappa shape index (κ1) is 16.0. The first-order valence-corrected chi connectivity index (χ1v) is 8.77.